The second-order valence-electron chi connectivity index (χ2n) is 9.77. The van der Waals surface area contributed by atoms with Crippen LogP contribution in [-0.4, -0.2) is 38.7 Å². The molecule has 2 unspecified atom stereocenters. The predicted molar refractivity (Wildman–Crippen MR) is 142 cm³/mol. The van der Waals surface area contributed by atoms with E-state index in [1.807, 2.05) is 0 Å². The summed E-state index contributed by atoms with van der Waals surface area (Å²) in [4.78, 5) is 21.9. The van der Waals surface area contributed by atoms with E-state index in [-0.39, 0.29) is 36.2 Å². The zero-order valence-corrected chi connectivity index (χ0v) is 22.5. The van der Waals surface area contributed by atoms with E-state index in [4.69, 9.17) is 14.2 Å². The summed E-state index contributed by atoms with van der Waals surface area (Å²) in [6.07, 6.45) is -8.46. The Morgan fingerprint density at radius 1 is 0.727 bits per heavy atom. The topological polar surface area (TPSA) is 94.0 Å². The molecule has 2 aromatic heterocycles. The van der Waals surface area contributed by atoms with E-state index in [9.17, 15) is 36.2 Å². The van der Waals surface area contributed by atoms with Crippen molar-refractivity contribution >= 4 is 6.09 Å². The van der Waals surface area contributed by atoms with Gasteiger partial charge >= 0.3 is 18.4 Å². The van der Waals surface area contributed by atoms with E-state index in [0.717, 1.165) is 24.3 Å². The smallest absolute Gasteiger partial charge is 0.417 e. The van der Waals surface area contributed by atoms with Gasteiger partial charge in [0, 0.05) is 31.1 Å². The molecule has 5 rings (SSSR count). The van der Waals surface area contributed by atoms with Gasteiger partial charge in [-0.3, -0.25) is 0 Å². The van der Waals surface area contributed by atoms with Gasteiger partial charge < -0.3 is 24.2 Å². The molecule has 3 heterocycles. The van der Waals surface area contributed by atoms with Gasteiger partial charge in [0.15, 0.2) is 0 Å². The number of benzene rings is 2. The SMILES string of the molecule is O=C(Oc1ccc(Oc2ccc(C(F)(F)F)cn2)cc1)N1CCC(O)CC1c1ccc(Oc2ccc(C(F)(F)F)cn2)cc1. The van der Waals surface area contributed by atoms with Gasteiger partial charge in [0.05, 0.1) is 23.3 Å². The first-order valence-electron chi connectivity index (χ1n) is 13.1. The molecule has 4 aromatic rings. The van der Waals surface area contributed by atoms with Gasteiger partial charge in [-0.2, -0.15) is 26.3 Å². The van der Waals surface area contributed by atoms with Crippen LogP contribution in [-0.2, 0) is 12.4 Å². The van der Waals surface area contributed by atoms with Crippen LogP contribution in [0.5, 0.6) is 29.0 Å². The minimum Gasteiger partial charge on any atom is -0.439 e. The molecule has 2 atom stereocenters. The fourth-order valence-corrected chi connectivity index (χ4v) is 4.43. The van der Waals surface area contributed by atoms with E-state index in [1.54, 1.807) is 24.3 Å². The van der Waals surface area contributed by atoms with Gasteiger partial charge in [-0.15, -0.1) is 0 Å². The molecule has 8 nitrogen and oxygen atoms in total. The van der Waals surface area contributed by atoms with Crippen molar-refractivity contribution in [2.24, 2.45) is 0 Å². The fourth-order valence-electron chi connectivity index (χ4n) is 4.43. The Kier molecular flexibility index (Phi) is 8.63. The Morgan fingerprint density at radius 3 is 1.66 bits per heavy atom. The quantitative estimate of drug-likeness (QED) is 0.220. The molecule has 230 valence electrons. The number of aromatic nitrogens is 2. The molecule has 1 aliphatic heterocycles. The number of piperidine rings is 1. The van der Waals surface area contributed by atoms with E-state index in [2.05, 4.69) is 9.97 Å². The van der Waals surface area contributed by atoms with Gasteiger partial charge in [0.1, 0.15) is 17.2 Å². The fraction of sp³-hybridized carbons (Fsp3) is 0.233. The average molecular weight is 620 g/mol. The van der Waals surface area contributed by atoms with Crippen molar-refractivity contribution in [1.29, 1.82) is 0 Å². The number of alkyl halides is 6. The summed E-state index contributed by atoms with van der Waals surface area (Å²) >= 11 is 0. The maximum Gasteiger partial charge on any atom is 0.417 e. The van der Waals surface area contributed by atoms with Gasteiger partial charge in [0.2, 0.25) is 11.8 Å². The summed E-state index contributed by atoms with van der Waals surface area (Å²) in [5.41, 5.74) is -1.14. The minimum absolute atomic E-state index is 0.0314. The monoisotopic (exact) mass is 619 g/mol. The second-order valence-corrected chi connectivity index (χ2v) is 9.77. The number of halogens is 6. The third-order valence-electron chi connectivity index (χ3n) is 6.68. The van der Waals surface area contributed by atoms with Crippen LogP contribution in [0.25, 0.3) is 0 Å². The van der Waals surface area contributed by atoms with Gasteiger partial charge in [-0.05, 0) is 66.9 Å². The molecular weight excluding hydrogens is 596 g/mol. The van der Waals surface area contributed by atoms with Crippen LogP contribution in [0.15, 0.2) is 85.2 Å². The zero-order chi connectivity index (χ0) is 31.5. The lowest BCUT2D eigenvalue weighted by Gasteiger charge is -2.37. The Labute approximate surface area is 246 Å². The number of carbonyl (C=O) groups excluding carboxylic acids is 1. The van der Waals surface area contributed by atoms with E-state index in [0.29, 0.717) is 30.1 Å². The molecule has 1 saturated heterocycles. The number of aliphatic hydroxyl groups is 1. The molecule has 2 aromatic carbocycles. The minimum atomic E-state index is -4.52. The summed E-state index contributed by atoms with van der Waals surface area (Å²) in [5, 5.41) is 10.3. The number of ether oxygens (including phenoxy) is 3. The first-order chi connectivity index (χ1) is 20.8. The molecule has 1 fully saturated rings. The summed E-state index contributed by atoms with van der Waals surface area (Å²) in [5.74, 6) is 0.658. The standard InChI is InChI=1S/C30H23F6N3O5/c31-29(32,33)19-3-11-26(37-16-19)42-22-5-1-18(2-6-22)25-15-21(40)13-14-39(25)28(41)44-24-9-7-23(8-10-24)43-27-12-4-20(17-38-27)30(34,35)36/h1-12,16-17,21,25,40H,13-15H2. The molecule has 44 heavy (non-hydrogen) atoms. The predicted octanol–water partition coefficient (Wildman–Crippen LogP) is 7.80. The van der Waals surface area contributed by atoms with E-state index >= 15 is 0 Å². The van der Waals surface area contributed by atoms with Gasteiger partial charge in [0.25, 0.3) is 0 Å². The van der Waals surface area contributed by atoms with Gasteiger partial charge in [-0.1, -0.05) is 12.1 Å². The number of likely N-dealkylation sites (tertiary alicyclic amines) is 1. The molecule has 1 amide bonds. The third kappa shape index (κ3) is 7.56. The molecule has 0 bridgehead atoms. The van der Waals surface area contributed by atoms with Crippen molar-refractivity contribution in [2.75, 3.05) is 6.54 Å². The van der Waals surface area contributed by atoms with Crippen LogP contribution in [0, 0.1) is 0 Å². The molecule has 0 spiro atoms. The number of rotatable bonds is 6. The van der Waals surface area contributed by atoms with Crippen LogP contribution >= 0.6 is 0 Å². The largest absolute Gasteiger partial charge is 0.439 e. The number of hydrogen-bond donors (Lipinski definition) is 1. The van der Waals surface area contributed by atoms with Crippen LogP contribution in [0.3, 0.4) is 0 Å². The highest BCUT2D eigenvalue weighted by atomic mass is 19.4. The number of hydrogen-bond acceptors (Lipinski definition) is 7. The zero-order valence-electron chi connectivity index (χ0n) is 22.5. The lowest BCUT2D eigenvalue weighted by Crippen LogP contribution is -2.43. The summed E-state index contributed by atoms with van der Waals surface area (Å²) < 4.78 is 93.0. The third-order valence-corrected chi connectivity index (χ3v) is 6.68. The molecule has 0 radical (unpaired) electrons. The summed E-state index contributed by atoms with van der Waals surface area (Å²) in [6.45, 7) is 0.208. The molecular formula is C30H23F6N3O5. The maximum atomic E-state index is 13.1. The summed E-state index contributed by atoms with van der Waals surface area (Å²) in [7, 11) is 0. The van der Waals surface area contributed by atoms with Crippen molar-refractivity contribution in [2.45, 2.75) is 37.3 Å². The van der Waals surface area contributed by atoms with E-state index in [1.165, 1.54) is 29.2 Å². The van der Waals surface area contributed by atoms with E-state index < -0.39 is 41.7 Å². The number of aliphatic hydroxyl groups excluding tert-OH is 1. The highest BCUT2D eigenvalue weighted by molar-refractivity contribution is 5.71. The Hall–Kier alpha value is -4.85. The van der Waals surface area contributed by atoms with Crippen molar-refractivity contribution in [3.8, 4) is 29.0 Å². The Morgan fingerprint density at radius 2 is 1.20 bits per heavy atom. The maximum absolute atomic E-state index is 13.1. The number of pyridine rings is 2. The first kappa shape index (κ1) is 30.6. The summed E-state index contributed by atoms with van der Waals surface area (Å²) in [6, 6.07) is 15.7. The normalized spacial score (nSPS) is 17.2. The van der Waals surface area contributed by atoms with Crippen LogP contribution in [0.2, 0.25) is 0 Å². The van der Waals surface area contributed by atoms with Crippen molar-refractivity contribution in [1.82, 2.24) is 14.9 Å². The van der Waals surface area contributed by atoms with Crippen molar-refractivity contribution in [3.63, 3.8) is 0 Å². The highest BCUT2D eigenvalue weighted by Gasteiger charge is 2.34. The molecule has 1 N–H and O–H groups in total. The first-order valence-corrected chi connectivity index (χ1v) is 13.1. The number of nitrogens with zero attached hydrogens (tertiary/aromatic N) is 3. The Bertz CT molecular complexity index is 1560. The van der Waals surface area contributed by atoms with Gasteiger partial charge in [-0.25, -0.2) is 14.8 Å². The highest BCUT2D eigenvalue weighted by Crippen LogP contribution is 2.35. The van der Waals surface area contributed by atoms with Crippen molar-refractivity contribution in [3.05, 3.63) is 102 Å². The molecule has 1 aliphatic rings. The lowest BCUT2D eigenvalue weighted by atomic mass is 9.93. The lowest BCUT2D eigenvalue weighted by molar-refractivity contribution is -0.138. The number of amides is 1. The average Bonchev–Trinajstić information content (AvgIpc) is 2.98. The van der Waals surface area contributed by atoms with Crippen LogP contribution in [0.4, 0.5) is 31.1 Å². The van der Waals surface area contributed by atoms with Crippen molar-refractivity contribution < 1.29 is 50.5 Å². The molecule has 0 saturated carbocycles. The molecule has 0 aliphatic carbocycles. The second kappa shape index (κ2) is 12.4. The van der Waals surface area contributed by atoms with Crippen LogP contribution in [0.1, 0.15) is 35.6 Å². The number of carbonyl (C=O) groups is 1. The molecule has 14 heteroatoms. The van der Waals surface area contributed by atoms with Crippen LogP contribution < -0.4 is 14.2 Å². The Balaban J connectivity index is 1.21.